The van der Waals surface area contributed by atoms with Crippen LogP contribution in [0.3, 0.4) is 0 Å². The van der Waals surface area contributed by atoms with Gasteiger partial charge >= 0.3 is 0 Å². The minimum atomic E-state index is 0.330. The fourth-order valence-corrected chi connectivity index (χ4v) is 2.40. The van der Waals surface area contributed by atoms with Gasteiger partial charge in [-0.2, -0.15) is 0 Å². The molecule has 5 heteroatoms. The summed E-state index contributed by atoms with van der Waals surface area (Å²) in [4.78, 5) is 0. The van der Waals surface area contributed by atoms with Crippen LogP contribution in [0.1, 0.15) is 11.1 Å². The second-order valence-electron chi connectivity index (χ2n) is 4.48. The molecule has 0 aromatic heterocycles. The van der Waals surface area contributed by atoms with Crippen molar-refractivity contribution in [3.63, 3.8) is 0 Å². The predicted molar refractivity (Wildman–Crippen MR) is 86.6 cm³/mol. The molecular formula is C16H17Cl2NO2. The SMILES string of the molecule is CNCc1cccc(OC)c1OCc1cccc(Cl)c1Cl. The fourth-order valence-electron chi connectivity index (χ4n) is 2.03. The molecule has 0 aliphatic rings. The maximum atomic E-state index is 6.18. The molecule has 112 valence electrons. The van der Waals surface area contributed by atoms with Crippen molar-refractivity contribution in [2.24, 2.45) is 0 Å². The third-order valence-electron chi connectivity index (χ3n) is 3.05. The maximum Gasteiger partial charge on any atom is 0.166 e. The van der Waals surface area contributed by atoms with Gasteiger partial charge in [0.15, 0.2) is 11.5 Å². The van der Waals surface area contributed by atoms with Crippen molar-refractivity contribution in [1.29, 1.82) is 0 Å². The van der Waals surface area contributed by atoms with Gasteiger partial charge < -0.3 is 14.8 Å². The third-order valence-corrected chi connectivity index (χ3v) is 3.91. The highest BCUT2D eigenvalue weighted by atomic mass is 35.5. The van der Waals surface area contributed by atoms with E-state index in [1.807, 2.05) is 37.4 Å². The molecule has 0 bridgehead atoms. The number of methoxy groups -OCH3 is 1. The van der Waals surface area contributed by atoms with E-state index in [9.17, 15) is 0 Å². The smallest absolute Gasteiger partial charge is 0.166 e. The molecule has 21 heavy (non-hydrogen) atoms. The predicted octanol–water partition coefficient (Wildman–Crippen LogP) is 4.30. The molecule has 0 radical (unpaired) electrons. The monoisotopic (exact) mass is 325 g/mol. The average molecular weight is 326 g/mol. The Balaban J connectivity index is 2.24. The third kappa shape index (κ3) is 3.82. The molecule has 2 rings (SSSR count). The molecule has 0 atom stereocenters. The van der Waals surface area contributed by atoms with Crippen molar-refractivity contribution in [2.75, 3.05) is 14.2 Å². The highest BCUT2D eigenvalue weighted by molar-refractivity contribution is 6.42. The summed E-state index contributed by atoms with van der Waals surface area (Å²) in [7, 11) is 3.51. The average Bonchev–Trinajstić information content (AvgIpc) is 2.49. The summed E-state index contributed by atoms with van der Waals surface area (Å²) < 4.78 is 11.3. The van der Waals surface area contributed by atoms with E-state index in [0.717, 1.165) is 11.1 Å². The van der Waals surface area contributed by atoms with Crippen molar-refractivity contribution in [3.05, 3.63) is 57.6 Å². The summed E-state index contributed by atoms with van der Waals surface area (Å²) in [5, 5.41) is 4.15. The van der Waals surface area contributed by atoms with Crippen LogP contribution in [0.25, 0.3) is 0 Å². The first-order chi connectivity index (χ1) is 10.2. The molecule has 3 nitrogen and oxygen atoms in total. The van der Waals surface area contributed by atoms with Gasteiger partial charge in [0.1, 0.15) is 6.61 Å². The molecule has 0 aliphatic heterocycles. The number of para-hydroxylation sites is 1. The molecule has 0 unspecified atom stereocenters. The van der Waals surface area contributed by atoms with E-state index in [1.54, 1.807) is 13.2 Å². The Hall–Kier alpha value is -1.42. The van der Waals surface area contributed by atoms with Crippen LogP contribution in [0.15, 0.2) is 36.4 Å². The highest BCUT2D eigenvalue weighted by Gasteiger charge is 2.12. The fraction of sp³-hybridized carbons (Fsp3) is 0.250. The van der Waals surface area contributed by atoms with Crippen molar-refractivity contribution in [3.8, 4) is 11.5 Å². The van der Waals surface area contributed by atoms with Crippen molar-refractivity contribution >= 4 is 23.2 Å². The van der Waals surface area contributed by atoms with E-state index >= 15 is 0 Å². The van der Waals surface area contributed by atoms with Crippen molar-refractivity contribution in [2.45, 2.75) is 13.2 Å². The van der Waals surface area contributed by atoms with Crippen molar-refractivity contribution in [1.82, 2.24) is 5.32 Å². The lowest BCUT2D eigenvalue weighted by Gasteiger charge is -2.15. The van der Waals surface area contributed by atoms with E-state index in [1.165, 1.54) is 0 Å². The lowest BCUT2D eigenvalue weighted by molar-refractivity contribution is 0.281. The van der Waals surface area contributed by atoms with Crippen molar-refractivity contribution < 1.29 is 9.47 Å². The highest BCUT2D eigenvalue weighted by Crippen LogP contribution is 2.33. The normalized spacial score (nSPS) is 10.5. The second kappa shape index (κ2) is 7.55. The van der Waals surface area contributed by atoms with Gasteiger partial charge in [-0.05, 0) is 19.2 Å². The number of nitrogens with one attached hydrogen (secondary N) is 1. The Bertz CT molecular complexity index is 617. The van der Waals surface area contributed by atoms with Crippen LogP contribution in [0, 0.1) is 0 Å². The summed E-state index contributed by atoms with van der Waals surface area (Å²) in [6.45, 7) is 1.02. The molecule has 0 amide bonds. The number of benzene rings is 2. The topological polar surface area (TPSA) is 30.5 Å². The Morgan fingerprint density at radius 3 is 2.48 bits per heavy atom. The first kappa shape index (κ1) is 16.0. The summed E-state index contributed by atoms with van der Waals surface area (Å²) in [5.41, 5.74) is 1.86. The molecule has 0 aliphatic carbocycles. The number of halogens is 2. The quantitative estimate of drug-likeness (QED) is 0.858. The Kier molecular flexibility index (Phi) is 5.74. The molecule has 0 saturated heterocycles. The number of hydrogen-bond acceptors (Lipinski definition) is 3. The minimum Gasteiger partial charge on any atom is -0.493 e. The number of ether oxygens (including phenoxy) is 2. The first-order valence-corrected chi connectivity index (χ1v) is 7.29. The van der Waals surface area contributed by atoms with Gasteiger partial charge in [0, 0.05) is 17.7 Å². The van der Waals surface area contributed by atoms with Gasteiger partial charge in [-0.3, -0.25) is 0 Å². The molecule has 2 aromatic rings. The molecule has 0 heterocycles. The van der Waals surface area contributed by atoms with Crippen LogP contribution in [0.4, 0.5) is 0 Å². The molecule has 2 aromatic carbocycles. The standard InChI is InChI=1S/C16H17Cl2NO2/c1-19-9-11-5-4-8-14(20-2)16(11)21-10-12-6-3-7-13(17)15(12)18/h3-8,19H,9-10H2,1-2H3. The van der Waals surface area contributed by atoms with E-state index in [4.69, 9.17) is 32.7 Å². The van der Waals surface area contributed by atoms with Crippen LogP contribution in [0.5, 0.6) is 11.5 Å². The maximum absolute atomic E-state index is 6.18. The molecule has 1 N–H and O–H groups in total. The zero-order valence-corrected chi connectivity index (χ0v) is 13.5. The van der Waals surface area contributed by atoms with Crippen LogP contribution in [-0.2, 0) is 13.2 Å². The first-order valence-electron chi connectivity index (χ1n) is 6.53. The van der Waals surface area contributed by atoms with Gasteiger partial charge in [0.25, 0.3) is 0 Å². The summed E-state index contributed by atoms with van der Waals surface area (Å²) in [6, 6.07) is 11.3. The lowest BCUT2D eigenvalue weighted by Crippen LogP contribution is -2.08. The number of rotatable bonds is 6. The van der Waals surface area contributed by atoms with Crippen LogP contribution >= 0.6 is 23.2 Å². The largest absolute Gasteiger partial charge is 0.493 e. The number of hydrogen-bond donors (Lipinski definition) is 1. The second-order valence-corrected chi connectivity index (χ2v) is 5.27. The summed E-state index contributed by atoms with van der Waals surface area (Å²) >= 11 is 12.2. The van der Waals surface area contributed by atoms with Gasteiger partial charge in [-0.15, -0.1) is 0 Å². The zero-order valence-electron chi connectivity index (χ0n) is 12.0. The Labute approximate surface area is 134 Å². The van der Waals surface area contributed by atoms with Crippen LogP contribution in [-0.4, -0.2) is 14.2 Å². The summed E-state index contributed by atoms with van der Waals surface area (Å²) in [6.07, 6.45) is 0. The summed E-state index contributed by atoms with van der Waals surface area (Å²) in [5.74, 6) is 1.41. The van der Waals surface area contributed by atoms with Gasteiger partial charge in [0.05, 0.1) is 17.2 Å². The lowest BCUT2D eigenvalue weighted by atomic mass is 10.1. The minimum absolute atomic E-state index is 0.330. The van der Waals surface area contributed by atoms with Crippen LogP contribution in [0.2, 0.25) is 10.0 Å². The van der Waals surface area contributed by atoms with E-state index < -0.39 is 0 Å². The molecule has 0 spiro atoms. The van der Waals surface area contributed by atoms with Gasteiger partial charge in [-0.1, -0.05) is 47.5 Å². The van der Waals surface area contributed by atoms with E-state index in [2.05, 4.69) is 5.32 Å². The Morgan fingerprint density at radius 2 is 1.76 bits per heavy atom. The Morgan fingerprint density at radius 1 is 1.05 bits per heavy atom. The van der Waals surface area contributed by atoms with E-state index in [-0.39, 0.29) is 0 Å². The van der Waals surface area contributed by atoms with Crippen LogP contribution < -0.4 is 14.8 Å². The molecule has 0 fully saturated rings. The molecule has 0 saturated carbocycles. The van der Waals surface area contributed by atoms with Gasteiger partial charge in [-0.25, -0.2) is 0 Å². The van der Waals surface area contributed by atoms with E-state index in [0.29, 0.717) is 34.7 Å². The van der Waals surface area contributed by atoms with Gasteiger partial charge in [0.2, 0.25) is 0 Å². The molecular weight excluding hydrogens is 309 g/mol. The zero-order chi connectivity index (χ0) is 15.2.